The van der Waals surface area contributed by atoms with Gasteiger partial charge in [0, 0.05) is 6.07 Å². The van der Waals surface area contributed by atoms with Crippen LogP contribution in [0.2, 0.25) is 0 Å². The van der Waals surface area contributed by atoms with E-state index in [0.29, 0.717) is 10.0 Å². The summed E-state index contributed by atoms with van der Waals surface area (Å²) in [6.45, 7) is 0. The van der Waals surface area contributed by atoms with Crippen LogP contribution in [0.5, 0.6) is 0 Å². The molecule has 0 amide bonds. The van der Waals surface area contributed by atoms with Crippen LogP contribution < -0.4 is 5.73 Å². The Morgan fingerprint density at radius 1 is 1.65 bits per heavy atom. The first-order chi connectivity index (χ1) is 7.95. The van der Waals surface area contributed by atoms with Gasteiger partial charge in [0.05, 0.1) is 15.0 Å². The Labute approximate surface area is 111 Å². The van der Waals surface area contributed by atoms with Crippen molar-refractivity contribution < 1.29 is 4.92 Å². The predicted octanol–water partition coefficient (Wildman–Crippen LogP) is 2.55. The molecule has 0 saturated heterocycles. The molecule has 0 spiro atoms. The van der Waals surface area contributed by atoms with Crippen molar-refractivity contribution in [3.8, 4) is 6.07 Å². The van der Waals surface area contributed by atoms with Gasteiger partial charge in [-0.15, -0.1) is 0 Å². The van der Waals surface area contributed by atoms with Crippen molar-refractivity contribution in [2.45, 2.75) is 0 Å². The maximum absolute atomic E-state index is 10.7. The molecule has 0 atom stereocenters. The summed E-state index contributed by atoms with van der Waals surface area (Å²) in [6, 6.07) is 6.30. The van der Waals surface area contributed by atoms with Crippen molar-refractivity contribution in [2.75, 3.05) is 0 Å². The van der Waals surface area contributed by atoms with Gasteiger partial charge in [-0.05, 0) is 33.6 Å². The number of nitro benzene ring substituents is 1. The van der Waals surface area contributed by atoms with E-state index >= 15 is 0 Å². The molecule has 0 aliphatic heterocycles. The Hall–Kier alpha value is -1.78. The monoisotopic (exact) mass is 311 g/mol. The summed E-state index contributed by atoms with van der Waals surface area (Å²) in [6.07, 6.45) is 1.40. The molecule has 0 aromatic heterocycles. The summed E-state index contributed by atoms with van der Waals surface area (Å²) in [5, 5.41) is 19.5. The average molecular weight is 312 g/mol. The Balaban J connectivity index is 3.27. The number of nitriles is 1. The Bertz CT molecular complexity index is 563. The lowest BCUT2D eigenvalue weighted by Crippen LogP contribution is -2.09. The highest BCUT2D eigenvalue weighted by Crippen LogP contribution is 2.26. The molecular weight excluding hydrogens is 306 g/mol. The molecule has 2 N–H and O–H groups in total. The molecule has 17 heavy (non-hydrogen) atoms. The fraction of sp³-hybridized carbons (Fsp3) is 0. The summed E-state index contributed by atoms with van der Waals surface area (Å²) in [5.41, 5.74) is 5.83. The molecule has 5 nitrogen and oxygen atoms in total. The van der Waals surface area contributed by atoms with Gasteiger partial charge in [-0.2, -0.15) is 5.26 Å². The van der Waals surface area contributed by atoms with Crippen molar-refractivity contribution in [1.82, 2.24) is 0 Å². The van der Waals surface area contributed by atoms with E-state index in [0.717, 1.165) is 0 Å². The minimum absolute atomic E-state index is 0.0435. The standard InChI is InChI=1S/C10H6BrN3O2S/c11-8-2-1-6(4-9(8)14(15)16)3-7(5-12)10(13)17/h1-4H,(H2,13,17). The summed E-state index contributed by atoms with van der Waals surface area (Å²) in [4.78, 5) is 10.1. The van der Waals surface area contributed by atoms with Gasteiger partial charge in [-0.25, -0.2) is 0 Å². The Kier molecular flexibility index (Phi) is 4.31. The maximum atomic E-state index is 10.7. The smallest absolute Gasteiger partial charge is 0.284 e. The number of nitrogens with zero attached hydrogens (tertiary/aromatic N) is 2. The van der Waals surface area contributed by atoms with Crippen LogP contribution in [0.3, 0.4) is 0 Å². The molecule has 0 fully saturated rings. The maximum Gasteiger partial charge on any atom is 0.284 e. The van der Waals surface area contributed by atoms with Crippen LogP contribution in [-0.2, 0) is 0 Å². The molecule has 86 valence electrons. The zero-order chi connectivity index (χ0) is 13.0. The molecule has 0 radical (unpaired) electrons. The minimum atomic E-state index is -0.520. The molecule has 0 aliphatic carbocycles. The van der Waals surface area contributed by atoms with Gasteiger partial charge < -0.3 is 5.73 Å². The molecule has 7 heteroatoms. The van der Waals surface area contributed by atoms with Gasteiger partial charge in [0.1, 0.15) is 11.1 Å². The number of hydrogen-bond acceptors (Lipinski definition) is 4. The van der Waals surface area contributed by atoms with Crippen molar-refractivity contribution in [3.05, 3.63) is 43.9 Å². The van der Waals surface area contributed by atoms with Crippen LogP contribution in [0.15, 0.2) is 28.2 Å². The average Bonchev–Trinajstić information content (AvgIpc) is 2.27. The first kappa shape index (κ1) is 13.3. The summed E-state index contributed by atoms with van der Waals surface area (Å²) in [5.74, 6) is 0. The van der Waals surface area contributed by atoms with Gasteiger partial charge in [0.2, 0.25) is 0 Å². The zero-order valence-electron chi connectivity index (χ0n) is 8.38. The summed E-state index contributed by atoms with van der Waals surface area (Å²) < 4.78 is 0.369. The number of nitrogens with two attached hydrogens (primary N) is 1. The van der Waals surface area contributed by atoms with E-state index in [1.165, 1.54) is 18.2 Å². The highest BCUT2D eigenvalue weighted by molar-refractivity contribution is 9.10. The Morgan fingerprint density at radius 2 is 2.29 bits per heavy atom. The third-order valence-corrected chi connectivity index (χ3v) is 2.75. The number of nitro groups is 1. The van der Waals surface area contributed by atoms with Crippen molar-refractivity contribution in [2.24, 2.45) is 5.73 Å². The molecule has 0 saturated carbocycles. The van der Waals surface area contributed by atoms with Crippen molar-refractivity contribution in [3.63, 3.8) is 0 Å². The number of thiocarbonyl (C=S) groups is 1. The van der Waals surface area contributed by atoms with Crippen LogP contribution in [0, 0.1) is 21.4 Å². The van der Waals surface area contributed by atoms with Gasteiger partial charge >= 0.3 is 0 Å². The molecule has 0 bridgehead atoms. The lowest BCUT2D eigenvalue weighted by atomic mass is 10.1. The second-order valence-corrected chi connectivity index (χ2v) is 4.30. The lowest BCUT2D eigenvalue weighted by Gasteiger charge is -1.99. The number of hydrogen-bond donors (Lipinski definition) is 1. The van der Waals surface area contributed by atoms with Crippen LogP contribution in [0.25, 0.3) is 6.08 Å². The SMILES string of the molecule is N#CC(=Cc1ccc(Br)c([N+](=O)[O-])c1)C(N)=S. The second kappa shape index (κ2) is 5.52. The van der Waals surface area contributed by atoms with Crippen LogP contribution in [0.1, 0.15) is 5.56 Å². The van der Waals surface area contributed by atoms with Gasteiger partial charge in [0.15, 0.2) is 0 Å². The Morgan fingerprint density at radius 3 is 2.76 bits per heavy atom. The minimum Gasteiger partial charge on any atom is -0.389 e. The molecule has 1 aromatic rings. The van der Waals surface area contributed by atoms with Crippen molar-refractivity contribution >= 4 is 44.9 Å². The molecule has 0 unspecified atom stereocenters. The van der Waals surface area contributed by atoms with E-state index in [2.05, 4.69) is 28.1 Å². The first-order valence-electron chi connectivity index (χ1n) is 4.31. The molecule has 0 heterocycles. The first-order valence-corrected chi connectivity index (χ1v) is 5.51. The summed E-state index contributed by atoms with van der Waals surface area (Å²) >= 11 is 7.73. The zero-order valence-corrected chi connectivity index (χ0v) is 10.8. The van der Waals surface area contributed by atoms with E-state index in [-0.39, 0.29) is 16.2 Å². The highest BCUT2D eigenvalue weighted by atomic mass is 79.9. The fourth-order valence-corrected chi connectivity index (χ4v) is 1.58. The number of benzene rings is 1. The van der Waals surface area contributed by atoms with E-state index in [9.17, 15) is 10.1 Å². The van der Waals surface area contributed by atoms with E-state index in [1.54, 1.807) is 6.07 Å². The largest absolute Gasteiger partial charge is 0.389 e. The molecule has 1 aromatic carbocycles. The second-order valence-electron chi connectivity index (χ2n) is 3.00. The van der Waals surface area contributed by atoms with Gasteiger partial charge in [-0.1, -0.05) is 18.3 Å². The topological polar surface area (TPSA) is 92.9 Å². The highest BCUT2D eigenvalue weighted by Gasteiger charge is 2.12. The van der Waals surface area contributed by atoms with Gasteiger partial charge in [-0.3, -0.25) is 10.1 Å². The third kappa shape index (κ3) is 3.34. The number of rotatable bonds is 3. The van der Waals surface area contributed by atoms with Crippen LogP contribution in [-0.4, -0.2) is 9.91 Å². The predicted molar refractivity (Wildman–Crippen MR) is 71.2 cm³/mol. The summed E-state index contributed by atoms with van der Waals surface area (Å²) in [7, 11) is 0. The normalized spacial score (nSPS) is 10.7. The quantitative estimate of drug-likeness (QED) is 0.304. The van der Waals surface area contributed by atoms with Gasteiger partial charge in [0.25, 0.3) is 5.69 Å². The van der Waals surface area contributed by atoms with E-state index < -0.39 is 4.92 Å². The van der Waals surface area contributed by atoms with Crippen LogP contribution in [0.4, 0.5) is 5.69 Å². The lowest BCUT2D eigenvalue weighted by molar-refractivity contribution is -0.385. The molecule has 0 aliphatic rings. The fourth-order valence-electron chi connectivity index (χ4n) is 1.08. The third-order valence-electron chi connectivity index (χ3n) is 1.86. The number of halogens is 1. The molecule has 1 rings (SSSR count). The van der Waals surface area contributed by atoms with Crippen molar-refractivity contribution in [1.29, 1.82) is 5.26 Å². The van der Waals surface area contributed by atoms with E-state index in [1.807, 2.05) is 6.07 Å². The van der Waals surface area contributed by atoms with E-state index in [4.69, 9.17) is 11.0 Å². The van der Waals surface area contributed by atoms with Crippen LogP contribution >= 0.6 is 28.1 Å². The molecular formula is C10H6BrN3O2S.